The summed E-state index contributed by atoms with van der Waals surface area (Å²) in [5.74, 6) is 0. The topological polar surface area (TPSA) is 24.1 Å². The van der Waals surface area contributed by atoms with Crippen LogP contribution in [0.15, 0.2) is 91.0 Å². The van der Waals surface area contributed by atoms with Crippen LogP contribution in [0.3, 0.4) is 0 Å². The summed E-state index contributed by atoms with van der Waals surface area (Å²) in [7, 11) is 0. The molecular formula is C19H18N2. The Hall–Kier alpha value is -2.58. The van der Waals surface area contributed by atoms with E-state index in [9.17, 15) is 0 Å². The van der Waals surface area contributed by atoms with E-state index < -0.39 is 0 Å². The lowest BCUT2D eigenvalue weighted by atomic mass is 9.99. The molecule has 0 fully saturated rings. The molecule has 0 heterocycles. The summed E-state index contributed by atoms with van der Waals surface area (Å²) in [6.07, 6.45) is 0. The minimum atomic E-state index is 0.104. The lowest BCUT2D eigenvalue weighted by Crippen LogP contribution is -2.28. The van der Waals surface area contributed by atoms with Crippen LogP contribution in [-0.4, -0.2) is 0 Å². The van der Waals surface area contributed by atoms with Crippen LogP contribution in [0, 0.1) is 0 Å². The van der Waals surface area contributed by atoms with Crippen LogP contribution in [-0.2, 0) is 0 Å². The first kappa shape index (κ1) is 13.4. The van der Waals surface area contributed by atoms with Crippen LogP contribution in [0.4, 0.5) is 5.69 Å². The van der Waals surface area contributed by atoms with Gasteiger partial charge in [0, 0.05) is 5.69 Å². The van der Waals surface area contributed by atoms with Gasteiger partial charge in [-0.25, -0.2) is 5.43 Å². The lowest BCUT2D eigenvalue weighted by molar-refractivity contribution is 0.682. The normalized spacial score (nSPS) is 10.5. The SMILES string of the molecule is c1ccc(NNC(c2ccccc2)c2ccccc2)cc1. The summed E-state index contributed by atoms with van der Waals surface area (Å²) in [6.45, 7) is 0. The number of nitrogens with one attached hydrogen (secondary N) is 2. The van der Waals surface area contributed by atoms with E-state index in [-0.39, 0.29) is 6.04 Å². The molecule has 0 saturated heterocycles. The first-order valence-electron chi connectivity index (χ1n) is 7.10. The van der Waals surface area contributed by atoms with Gasteiger partial charge in [-0.15, -0.1) is 0 Å². The van der Waals surface area contributed by atoms with E-state index in [0.29, 0.717) is 0 Å². The summed E-state index contributed by atoms with van der Waals surface area (Å²) < 4.78 is 0. The molecule has 0 amide bonds. The minimum absolute atomic E-state index is 0.104. The van der Waals surface area contributed by atoms with Gasteiger partial charge in [0.1, 0.15) is 0 Å². The molecule has 2 N–H and O–H groups in total. The molecule has 0 unspecified atom stereocenters. The largest absolute Gasteiger partial charge is 0.321 e. The molecule has 0 spiro atoms. The zero-order valence-electron chi connectivity index (χ0n) is 11.7. The average molecular weight is 274 g/mol. The van der Waals surface area contributed by atoms with Gasteiger partial charge in [0.2, 0.25) is 0 Å². The molecule has 0 aliphatic rings. The van der Waals surface area contributed by atoms with Gasteiger partial charge in [-0.3, -0.25) is 0 Å². The molecule has 0 atom stereocenters. The van der Waals surface area contributed by atoms with E-state index in [2.05, 4.69) is 59.4 Å². The Morgan fingerprint density at radius 1 is 0.524 bits per heavy atom. The number of hydrazine groups is 1. The quantitative estimate of drug-likeness (QED) is 0.674. The number of anilines is 1. The number of para-hydroxylation sites is 1. The Morgan fingerprint density at radius 2 is 0.952 bits per heavy atom. The highest BCUT2D eigenvalue weighted by atomic mass is 15.4. The zero-order valence-corrected chi connectivity index (χ0v) is 11.7. The maximum atomic E-state index is 3.42. The fourth-order valence-electron chi connectivity index (χ4n) is 2.33. The summed E-state index contributed by atoms with van der Waals surface area (Å²) >= 11 is 0. The second kappa shape index (κ2) is 6.73. The maximum absolute atomic E-state index is 3.42. The first-order valence-corrected chi connectivity index (χ1v) is 7.10. The van der Waals surface area contributed by atoms with Gasteiger partial charge in [0.05, 0.1) is 6.04 Å². The van der Waals surface area contributed by atoms with Crippen LogP contribution in [0.2, 0.25) is 0 Å². The van der Waals surface area contributed by atoms with Crippen LogP contribution in [0.25, 0.3) is 0 Å². The summed E-state index contributed by atoms with van der Waals surface area (Å²) in [5.41, 5.74) is 10.2. The number of benzene rings is 3. The fraction of sp³-hybridized carbons (Fsp3) is 0.0526. The van der Waals surface area contributed by atoms with E-state index in [1.165, 1.54) is 11.1 Å². The molecule has 3 aromatic rings. The van der Waals surface area contributed by atoms with E-state index in [0.717, 1.165) is 5.69 Å². The number of hydrogen-bond acceptors (Lipinski definition) is 2. The Bertz CT molecular complexity index is 611. The molecule has 2 heteroatoms. The smallest absolute Gasteiger partial charge is 0.0760 e. The Labute approximate surface area is 125 Å². The molecule has 104 valence electrons. The van der Waals surface area contributed by atoms with Crippen LogP contribution in [0.5, 0.6) is 0 Å². The predicted octanol–water partition coefficient (Wildman–Crippen LogP) is 4.39. The standard InChI is InChI=1S/C19H18N2/c1-4-10-16(11-5-1)19(17-12-6-2-7-13-17)21-20-18-14-8-3-9-15-18/h1-15,19-21H. The molecule has 0 aliphatic heterocycles. The Kier molecular flexibility index (Phi) is 4.30. The van der Waals surface area contributed by atoms with Gasteiger partial charge in [-0.1, -0.05) is 78.9 Å². The van der Waals surface area contributed by atoms with Gasteiger partial charge >= 0.3 is 0 Å². The second-order valence-electron chi connectivity index (χ2n) is 4.89. The van der Waals surface area contributed by atoms with E-state index >= 15 is 0 Å². The minimum Gasteiger partial charge on any atom is -0.321 e. The van der Waals surface area contributed by atoms with E-state index in [1.807, 2.05) is 42.5 Å². The van der Waals surface area contributed by atoms with Crippen molar-refractivity contribution >= 4 is 5.69 Å². The fourth-order valence-corrected chi connectivity index (χ4v) is 2.33. The summed E-state index contributed by atoms with van der Waals surface area (Å²) in [4.78, 5) is 0. The molecule has 21 heavy (non-hydrogen) atoms. The monoisotopic (exact) mass is 274 g/mol. The molecule has 0 aromatic heterocycles. The molecule has 0 bridgehead atoms. The molecule has 3 rings (SSSR count). The van der Waals surface area contributed by atoms with E-state index in [1.54, 1.807) is 0 Å². The molecule has 0 saturated carbocycles. The van der Waals surface area contributed by atoms with Crippen molar-refractivity contribution in [1.29, 1.82) is 0 Å². The van der Waals surface area contributed by atoms with Crippen molar-refractivity contribution in [1.82, 2.24) is 5.43 Å². The van der Waals surface area contributed by atoms with Crippen molar-refractivity contribution in [2.45, 2.75) is 6.04 Å². The highest BCUT2D eigenvalue weighted by Crippen LogP contribution is 2.21. The third kappa shape index (κ3) is 3.50. The van der Waals surface area contributed by atoms with Crippen molar-refractivity contribution in [2.75, 3.05) is 5.43 Å². The molecule has 2 nitrogen and oxygen atoms in total. The lowest BCUT2D eigenvalue weighted by Gasteiger charge is -2.21. The van der Waals surface area contributed by atoms with Crippen molar-refractivity contribution in [3.05, 3.63) is 102 Å². The van der Waals surface area contributed by atoms with Gasteiger partial charge in [-0.2, -0.15) is 0 Å². The maximum Gasteiger partial charge on any atom is 0.0760 e. The third-order valence-electron chi connectivity index (χ3n) is 3.40. The number of rotatable bonds is 5. The van der Waals surface area contributed by atoms with E-state index in [4.69, 9.17) is 0 Å². The first-order chi connectivity index (χ1) is 10.4. The van der Waals surface area contributed by atoms with Crippen LogP contribution < -0.4 is 10.9 Å². The summed E-state index contributed by atoms with van der Waals surface area (Å²) in [5, 5.41) is 0. The van der Waals surface area contributed by atoms with Crippen molar-refractivity contribution in [2.24, 2.45) is 0 Å². The molecular weight excluding hydrogens is 256 g/mol. The van der Waals surface area contributed by atoms with Crippen molar-refractivity contribution in [3.63, 3.8) is 0 Å². The number of hydrogen-bond donors (Lipinski definition) is 2. The highest BCUT2D eigenvalue weighted by Gasteiger charge is 2.12. The second-order valence-corrected chi connectivity index (χ2v) is 4.89. The molecule has 0 radical (unpaired) electrons. The Morgan fingerprint density at radius 3 is 1.43 bits per heavy atom. The van der Waals surface area contributed by atoms with Gasteiger partial charge in [0.15, 0.2) is 0 Å². The highest BCUT2D eigenvalue weighted by molar-refractivity contribution is 5.42. The van der Waals surface area contributed by atoms with Crippen molar-refractivity contribution < 1.29 is 0 Å². The third-order valence-corrected chi connectivity index (χ3v) is 3.40. The predicted molar refractivity (Wildman–Crippen MR) is 87.9 cm³/mol. The molecule has 0 aliphatic carbocycles. The van der Waals surface area contributed by atoms with Crippen LogP contribution in [0.1, 0.15) is 17.2 Å². The average Bonchev–Trinajstić information content (AvgIpc) is 2.58. The van der Waals surface area contributed by atoms with Gasteiger partial charge in [0.25, 0.3) is 0 Å². The Balaban J connectivity index is 1.83. The zero-order chi connectivity index (χ0) is 14.3. The summed E-state index contributed by atoms with van der Waals surface area (Å²) in [6, 6.07) is 31.1. The van der Waals surface area contributed by atoms with Crippen LogP contribution >= 0.6 is 0 Å². The van der Waals surface area contributed by atoms with Gasteiger partial charge in [-0.05, 0) is 23.3 Å². The van der Waals surface area contributed by atoms with Gasteiger partial charge < -0.3 is 5.43 Å². The molecule has 3 aromatic carbocycles. The van der Waals surface area contributed by atoms with Crippen molar-refractivity contribution in [3.8, 4) is 0 Å².